The van der Waals surface area contributed by atoms with Crippen molar-refractivity contribution in [2.75, 3.05) is 19.6 Å². The maximum Gasteiger partial charge on any atom is 2.00 e. The van der Waals surface area contributed by atoms with E-state index >= 15 is 0 Å². The summed E-state index contributed by atoms with van der Waals surface area (Å²) in [6.07, 6.45) is 34.8. The van der Waals surface area contributed by atoms with Crippen LogP contribution in [-0.2, 0) is 59.7 Å². The number of fused-ring (bicyclic) bond motifs is 3. The van der Waals surface area contributed by atoms with Crippen LogP contribution in [0.5, 0.6) is 0 Å². The fourth-order valence-electron chi connectivity index (χ4n) is 5.79. The first-order valence-electron chi connectivity index (χ1n) is 15.0. The van der Waals surface area contributed by atoms with Gasteiger partial charge in [-0.15, -0.1) is 0 Å². The second-order valence-electron chi connectivity index (χ2n) is 10.9. The molecule has 5 fully saturated rings. The molecule has 1 unspecified atom stereocenters. The molecule has 2 heterocycles. The predicted octanol–water partition coefficient (Wildman–Crippen LogP) is 4.34. The van der Waals surface area contributed by atoms with E-state index in [0.29, 0.717) is 24.9 Å². The molecule has 4 saturated carbocycles. The summed E-state index contributed by atoms with van der Waals surface area (Å²) < 4.78 is 0. The Labute approximate surface area is 298 Å². The minimum atomic E-state index is -0.929. The number of Topliss-reactive ketones (excluding diaryl/α,β-unsaturated/α-hetero) is 2. The van der Waals surface area contributed by atoms with E-state index in [1.807, 2.05) is 87.3 Å². The Kier molecular flexibility index (Phi) is 17.1. The van der Waals surface area contributed by atoms with E-state index in [0.717, 1.165) is 12.0 Å². The standard InChI is InChI=1S/C28H26N2O4.2C5H5.2Fe/c31-25(29-17-24-22-12-6-5-7-19(22)15-16-30(24)26(32)18-29)14-13-23(27(33)20-8-1-2-9-20)28(34)21-10-3-4-11-21;2*1-2-4-5-3-1;;/h1-12,23-24H,13-18H2;2*1-5H;;/q;;;2*+2. The number of hydrogen-bond donors (Lipinski definition) is 0. The van der Waals surface area contributed by atoms with E-state index in [1.165, 1.54) is 5.56 Å². The van der Waals surface area contributed by atoms with Crippen LogP contribution in [0.15, 0.2) is 24.3 Å². The number of rotatable bonds is 7. The summed E-state index contributed by atoms with van der Waals surface area (Å²) in [7, 11) is 0. The first-order chi connectivity index (χ1) is 21.5. The van der Waals surface area contributed by atoms with Crippen LogP contribution in [0.4, 0.5) is 0 Å². The zero-order valence-electron chi connectivity index (χ0n) is 25.3. The van der Waals surface area contributed by atoms with Gasteiger partial charge in [0.15, 0.2) is 11.6 Å². The summed E-state index contributed by atoms with van der Waals surface area (Å²) in [4.78, 5) is 55.7. The van der Waals surface area contributed by atoms with Crippen LogP contribution in [0.2, 0.25) is 0 Å². The van der Waals surface area contributed by atoms with E-state index < -0.39 is 5.92 Å². The van der Waals surface area contributed by atoms with Gasteiger partial charge >= 0.3 is 34.1 Å². The Morgan fingerprint density at radius 2 is 1.17 bits per heavy atom. The molecule has 6 aliphatic rings. The summed E-state index contributed by atoms with van der Waals surface area (Å²) in [6, 6.07) is 7.91. The fraction of sp³-hybridized carbons (Fsp3) is 0.211. The van der Waals surface area contributed by atoms with Gasteiger partial charge in [-0.2, -0.15) is 0 Å². The van der Waals surface area contributed by atoms with Gasteiger partial charge in [-0.1, -0.05) is 24.3 Å². The van der Waals surface area contributed by atoms with Crippen LogP contribution in [0.1, 0.15) is 30.0 Å². The zero-order valence-corrected chi connectivity index (χ0v) is 27.5. The molecule has 7 rings (SSSR count). The van der Waals surface area contributed by atoms with Crippen molar-refractivity contribution in [1.82, 2.24) is 9.80 Å². The summed E-state index contributed by atoms with van der Waals surface area (Å²) in [6.45, 7) is 1.13. The van der Waals surface area contributed by atoms with Gasteiger partial charge in [-0.25, -0.2) is 0 Å². The Balaban J connectivity index is 0.000000409. The molecule has 2 amide bonds. The van der Waals surface area contributed by atoms with Crippen molar-refractivity contribution in [3.8, 4) is 0 Å². The minimum Gasteiger partial charge on any atom is -0.332 e. The van der Waals surface area contributed by atoms with Crippen LogP contribution in [-0.4, -0.2) is 52.8 Å². The van der Waals surface area contributed by atoms with E-state index in [9.17, 15) is 19.2 Å². The topological polar surface area (TPSA) is 74.8 Å². The van der Waals surface area contributed by atoms with E-state index in [2.05, 4.69) is 6.07 Å². The molecule has 46 heavy (non-hydrogen) atoms. The van der Waals surface area contributed by atoms with Gasteiger partial charge in [-0.05, 0) is 140 Å². The Morgan fingerprint density at radius 1 is 0.696 bits per heavy atom. The number of benzene rings is 1. The number of carbonyl (C=O) groups excluding carboxylic acids is 4. The summed E-state index contributed by atoms with van der Waals surface area (Å²) in [5, 5.41) is 0. The van der Waals surface area contributed by atoms with Crippen molar-refractivity contribution in [3.63, 3.8) is 0 Å². The molecule has 8 heteroatoms. The number of ketones is 2. The van der Waals surface area contributed by atoms with Gasteiger partial charge in [0.1, 0.15) is 0 Å². The quantitative estimate of drug-likeness (QED) is 0.315. The van der Waals surface area contributed by atoms with Gasteiger partial charge in [0.05, 0.1) is 18.5 Å². The van der Waals surface area contributed by atoms with Gasteiger partial charge < -0.3 is 9.80 Å². The largest absolute Gasteiger partial charge is 2.00 e. The average molecular weight is 696 g/mol. The molecule has 20 radical (unpaired) electrons. The molecule has 1 aromatic carbocycles. The average Bonchev–Trinajstić information content (AvgIpc) is 3.89. The van der Waals surface area contributed by atoms with Crippen LogP contribution < -0.4 is 0 Å². The smallest absolute Gasteiger partial charge is 0.332 e. The Morgan fingerprint density at radius 3 is 1.67 bits per heavy atom. The number of piperazine rings is 1. The number of carbonyl (C=O) groups is 4. The fourth-order valence-corrected chi connectivity index (χ4v) is 5.79. The number of hydrogen-bond acceptors (Lipinski definition) is 4. The van der Waals surface area contributed by atoms with Crippen molar-refractivity contribution >= 4 is 23.4 Å². The maximum atomic E-state index is 13.2. The molecule has 4 aliphatic carbocycles. The third-order valence-corrected chi connectivity index (χ3v) is 8.09. The van der Waals surface area contributed by atoms with Gasteiger partial charge in [0, 0.05) is 31.3 Å². The summed E-state index contributed by atoms with van der Waals surface area (Å²) >= 11 is 0. The SMILES string of the molecule is O=C([C]1[CH][CH][CH][CH]1)C(CCC(=O)N1CC(=O)N2CCc3ccccc3C2C1)C(=O)[C]1[CH][CH][CH][CH]1.[CH]1[CH][CH][CH][CH]1.[CH]1[CH][CH][CH][CH]1.[Fe+2].[Fe+2]. The molecule has 0 N–H and O–H groups in total. The predicted molar refractivity (Wildman–Crippen MR) is 168 cm³/mol. The second-order valence-corrected chi connectivity index (χ2v) is 10.9. The third kappa shape index (κ3) is 10.5. The van der Waals surface area contributed by atoms with E-state index in [-0.39, 0.29) is 82.9 Å². The Hall–Kier alpha value is -1.46. The van der Waals surface area contributed by atoms with Gasteiger partial charge in [0.25, 0.3) is 0 Å². The normalized spacial score (nSPS) is 22.5. The van der Waals surface area contributed by atoms with E-state index in [1.54, 1.807) is 56.3 Å². The molecule has 234 valence electrons. The second kappa shape index (κ2) is 20.1. The van der Waals surface area contributed by atoms with Crippen molar-refractivity contribution in [2.45, 2.75) is 25.3 Å². The summed E-state index contributed by atoms with van der Waals surface area (Å²) in [5.41, 5.74) is 2.31. The minimum absolute atomic E-state index is 0. The molecule has 0 bridgehead atoms. The van der Waals surface area contributed by atoms with Crippen molar-refractivity contribution < 1.29 is 53.3 Å². The van der Waals surface area contributed by atoms with Gasteiger partial charge in [0.2, 0.25) is 11.8 Å². The first-order valence-corrected chi connectivity index (χ1v) is 15.0. The van der Waals surface area contributed by atoms with Crippen molar-refractivity contribution in [3.05, 3.63) is 163 Å². The molecular weight excluding hydrogens is 660 g/mol. The van der Waals surface area contributed by atoms with Crippen LogP contribution in [0, 0.1) is 133 Å². The maximum absolute atomic E-state index is 13.2. The molecule has 6 nitrogen and oxygen atoms in total. The van der Waals surface area contributed by atoms with Gasteiger partial charge in [-0.3, -0.25) is 19.2 Å². The van der Waals surface area contributed by atoms with Crippen LogP contribution in [0.25, 0.3) is 0 Å². The van der Waals surface area contributed by atoms with Crippen molar-refractivity contribution in [2.24, 2.45) is 5.92 Å². The third-order valence-electron chi connectivity index (χ3n) is 8.09. The molecule has 1 aromatic rings. The summed E-state index contributed by atoms with van der Waals surface area (Å²) in [5.74, 6) is -0.790. The first kappa shape index (κ1) is 39.0. The molecule has 0 aromatic heterocycles. The molecule has 1 atom stereocenters. The molecule has 1 saturated heterocycles. The zero-order chi connectivity index (χ0) is 30.7. The van der Waals surface area contributed by atoms with E-state index in [4.69, 9.17) is 0 Å². The number of nitrogens with zero attached hydrogens (tertiary/aromatic N) is 2. The Bertz CT molecular complexity index is 1070. The van der Waals surface area contributed by atoms with Crippen LogP contribution in [0.3, 0.4) is 0 Å². The molecule has 2 aliphatic heterocycles. The number of amides is 2. The molecule has 0 spiro atoms. The van der Waals surface area contributed by atoms with Crippen molar-refractivity contribution in [1.29, 1.82) is 0 Å². The monoisotopic (exact) mass is 696 g/mol. The van der Waals surface area contributed by atoms with Crippen LogP contribution >= 0.6 is 0 Å². The molecular formula is C38H36Fe2N2O4+4.